The Bertz CT molecular complexity index is 772. The Balaban J connectivity index is 2.18. The van der Waals surface area contributed by atoms with Gasteiger partial charge in [-0.2, -0.15) is 0 Å². The molecule has 152 valence electrons. The predicted octanol–water partition coefficient (Wildman–Crippen LogP) is 2.16. The Morgan fingerprint density at radius 1 is 1.11 bits per heavy atom. The molecular formula is C20H25NO7. The number of amides is 1. The fourth-order valence-corrected chi connectivity index (χ4v) is 2.65. The molecule has 2 rings (SSSR count). The van der Waals surface area contributed by atoms with Gasteiger partial charge in [-0.05, 0) is 37.6 Å². The molecule has 0 saturated carbocycles. The van der Waals surface area contributed by atoms with Crippen LogP contribution in [0.3, 0.4) is 0 Å². The van der Waals surface area contributed by atoms with Gasteiger partial charge >= 0.3 is 11.9 Å². The van der Waals surface area contributed by atoms with Crippen molar-refractivity contribution in [3.8, 4) is 11.5 Å². The molecule has 1 aromatic carbocycles. The molecule has 0 bridgehead atoms. The highest BCUT2D eigenvalue weighted by Gasteiger charge is 2.38. The number of nitrogens with zero attached hydrogens (tertiary/aromatic N) is 1. The van der Waals surface area contributed by atoms with E-state index in [-0.39, 0.29) is 18.1 Å². The van der Waals surface area contributed by atoms with Crippen LogP contribution in [0.1, 0.15) is 33.3 Å². The molecule has 0 unspecified atom stereocenters. The van der Waals surface area contributed by atoms with Gasteiger partial charge in [0.15, 0.2) is 18.1 Å². The van der Waals surface area contributed by atoms with Crippen molar-refractivity contribution in [1.29, 1.82) is 0 Å². The standard InChI is InChI=1S/C20H25NO7/c1-6-21(7-2)17(22)12-26-15-9-8-13(11-16(15)25-5)10-14-18(23)27-20(3,4)28-19(14)24/h8-11H,6-7,12H2,1-5H3. The molecule has 28 heavy (non-hydrogen) atoms. The maximum Gasteiger partial charge on any atom is 0.348 e. The zero-order valence-electron chi connectivity index (χ0n) is 16.7. The lowest BCUT2D eigenvalue weighted by molar-refractivity contribution is -0.222. The van der Waals surface area contributed by atoms with Crippen LogP contribution in [0.15, 0.2) is 23.8 Å². The van der Waals surface area contributed by atoms with Gasteiger partial charge < -0.3 is 23.8 Å². The first kappa shape index (κ1) is 21.3. The number of methoxy groups -OCH3 is 1. The van der Waals surface area contributed by atoms with Gasteiger partial charge in [0.25, 0.3) is 11.7 Å². The highest BCUT2D eigenvalue weighted by molar-refractivity contribution is 6.18. The maximum absolute atomic E-state index is 12.1. The van der Waals surface area contributed by atoms with Gasteiger partial charge in [0.1, 0.15) is 5.57 Å². The number of hydrogen-bond donors (Lipinski definition) is 0. The van der Waals surface area contributed by atoms with Crippen LogP contribution in [0.2, 0.25) is 0 Å². The Morgan fingerprint density at radius 2 is 1.71 bits per heavy atom. The van der Waals surface area contributed by atoms with Gasteiger partial charge in [-0.1, -0.05) is 6.07 Å². The van der Waals surface area contributed by atoms with E-state index in [1.165, 1.54) is 27.0 Å². The largest absolute Gasteiger partial charge is 0.493 e. The topological polar surface area (TPSA) is 91.4 Å². The second-order valence-electron chi connectivity index (χ2n) is 6.50. The fraction of sp³-hybridized carbons (Fsp3) is 0.450. The normalized spacial score (nSPS) is 15.4. The summed E-state index contributed by atoms with van der Waals surface area (Å²) < 4.78 is 21.0. The van der Waals surface area contributed by atoms with Gasteiger partial charge in [0.2, 0.25) is 0 Å². The van der Waals surface area contributed by atoms with Crippen molar-refractivity contribution in [3.63, 3.8) is 0 Å². The summed E-state index contributed by atoms with van der Waals surface area (Å²) in [4.78, 5) is 37.9. The zero-order chi connectivity index (χ0) is 20.9. The molecule has 8 heteroatoms. The van der Waals surface area contributed by atoms with Crippen molar-refractivity contribution in [2.75, 3.05) is 26.8 Å². The van der Waals surface area contributed by atoms with E-state index in [0.717, 1.165) is 0 Å². The molecule has 1 aliphatic heterocycles. The number of benzene rings is 1. The number of cyclic esters (lactones) is 2. The van der Waals surface area contributed by atoms with Crippen molar-refractivity contribution in [3.05, 3.63) is 29.3 Å². The number of hydrogen-bond acceptors (Lipinski definition) is 7. The minimum Gasteiger partial charge on any atom is -0.493 e. The predicted molar refractivity (Wildman–Crippen MR) is 101 cm³/mol. The summed E-state index contributed by atoms with van der Waals surface area (Å²) in [5, 5.41) is 0. The van der Waals surface area contributed by atoms with E-state index in [2.05, 4.69) is 0 Å². The monoisotopic (exact) mass is 391 g/mol. The first-order valence-corrected chi connectivity index (χ1v) is 8.97. The lowest BCUT2D eigenvalue weighted by Crippen LogP contribution is -2.41. The van der Waals surface area contributed by atoms with Crippen LogP contribution < -0.4 is 9.47 Å². The summed E-state index contributed by atoms with van der Waals surface area (Å²) in [6.07, 6.45) is 1.35. The van der Waals surface area contributed by atoms with Crippen LogP contribution in [0.5, 0.6) is 11.5 Å². The molecule has 0 aliphatic carbocycles. The molecule has 1 heterocycles. The van der Waals surface area contributed by atoms with Gasteiger partial charge in [-0.15, -0.1) is 0 Å². The highest BCUT2D eigenvalue weighted by Crippen LogP contribution is 2.30. The van der Waals surface area contributed by atoms with E-state index in [9.17, 15) is 14.4 Å². The lowest BCUT2D eigenvalue weighted by Gasteiger charge is -2.29. The molecule has 1 aliphatic rings. The quantitative estimate of drug-likeness (QED) is 0.400. The van der Waals surface area contributed by atoms with Crippen LogP contribution in [-0.4, -0.2) is 55.3 Å². The zero-order valence-corrected chi connectivity index (χ0v) is 16.7. The first-order valence-electron chi connectivity index (χ1n) is 8.97. The number of carbonyl (C=O) groups excluding carboxylic acids is 3. The lowest BCUT2D eigenvalue weighted by atomic mass is 10.1. The molecule has 0 atom stereocenters. The molecule has 0 radical (unpaired) electrons. The number of esters is 2. The summed E-state index contributed by atoms with van der Waals surface area (Å²) in [6, 6.07) is 4.82. The van der Waals surface area contributed by atoms with E-state index in [4.69, 9.17) is 18.9 Å². The summed E-state index contributed by atoms with van der Waals surface area (Å²) in [5.41, 5.74) is 0.301. The minimum absolute atomic E-state index is 0.119. The first-order chi connectivity index (χ1) is 13.2. The summed E-state index contributed by atoms with van der Waals surface area (Å²) in [5.74, 6) is -2.21. The van der Waals surface area contributed by atoms with Gasteiger partial charge in [0, 0.05) is 26.9 Å². The maximum atomic E-state index is 12.1. The van der Waals surface area contributed by atoms with E-state index >= 15 is 0 Å². The molecular weight excluding hydrogens is 366 g/mol. The van der Waals surface area contributed by atoms with E-state index < -0.39 is 17.7 Å². The molecule has 0 aromatic heterocycles. The molecule has 0 spiro atoms. The Hall–Kier alpha value is -3.03. The molecule has 1 aromatic rings. The second-order valence-corrected chi connectivity index (χ2v) is 6.50. The molecule has 1 fully saturated rings. The number of likely N-dealkylation sites (N-methyl/N-ethyl adjacent to an activating group) is 1. The van der Waals surface area contributed by atoms with E-state index in [1.54, 1.807) is 23.1 Å². The third kappa shape index (κ3) is 5.03. The van der Waals surface area contributed by atoms with Crippen molar-refractivity contribution in [2.24, 2.45) is 0 Å². The summed E-state index contributed by atoms with van der Waals surface area (Å²) >= 11 is 0. The average Bonchev–Trinajstić information content (AvgIpc) is 2.63. The fourth-order valence-electron chi connectivity index (χ4n) is 2.65. The van der Waals surface area contributed by atoms with Crippen LogP contribution in [0, 0.1) is 0 Å². The Morgan fingerprint density at radius 3 is 2.25 bits per heavy atom. The Kier molecular flexibility index (Phi) is 6.66. The van der Waals surface area contributed by atoms with E-state index in [0.29, 0.717) is 30.2 Å². The van der Waals surface area contributed by atoms with Crippen LogP contribution in [0.25, 0.3) is 6.08 Å². The third-order valence-electron chi connectivity index (χ3n) is 4.08. The van der Waals surface area contributed by atoms with Gasteiger partial charge in [-0.25, -0.2) is 9.59 Å². The third-order valence-corrected chi connectivity index (χ3v) is 4.08. The summed E-state index contributed by atoms with van der Waals surface area (Å²) in [6.45, 7) is 7.84. The van der Waals surface area contributed by atoms with Crippen LogP contribution in [0.4, 0.5) is 0 Å². The van der Waals surface area contributed by atoms with Gasteiger partial charge in [-0.3, -0.25) is 4.79 Å². The van der Waals surface area contributed by atoms with Crippen molar-refractivity contribution < 1.29 is 33.3 Å². The number of rotatable bonds is 7. The Labute approximate surface area is 164 Å². The van der Waals surface area contributed by atoms with Crippen molar-refractivity contribution in [1.82, 2.24) is 4.90 Å². The second kappa shape index (κ2) is 8.77. The smallest absolute Gasteiger partial charge is 0.348 e. The molecule has 0 N–H and O–H groups in total. The van der Waals surface area contributed by atoms with Gasteiger partial charge in [0.05, 0.1) is 7.11 Å². The minimum atomic E-state index is -1.29. The molecule has 1 saturated heterocycles. The number of carbonyl (C=O) groups is 3. The molecule has 8 nitrogen and oxygen atoms in total. The highest BCUT2D eigenvalue weighted by atomic mass is 16.7. The van der Waals surface area contributed by atoms with E-state index in [1.807, 2.05) is 13.8 Å². The van der Waals surface area contributed by atoms with Crippen LogP contribution in [-0.2, 0) is 23.9 Å². The SMILES string of the molecule is CCN(CC)C(=O)COc1ccc(C=C2C(=O)OC(C)(C)OC2=O)cc1OC. The van der Waals surface area contributed by atoms with Crippen molar-refractivity contribution in [2.45, 2.75) is 33.5 Å². The van der Waals surface area contributed by atoms with Crippen molar-refractivity contribution >= 4 is 23.9 Å². The average molecular weight is 391 g/mol. The number of ether oxygens (including phenoxy) is 4. The summed E-state index contributed by atoms with van der Waals surface area (Å²) in [7, 11) is 1.46. The van der Waals surface area contributed by atoms with Crippen LogP contribution >= 0.6 is 0 Å². The molecule has 1 amide bonds.